The van der Waals surface area contributed by atoms with Gasteiger partial charge in [-0.25, -0.2) is 9.97 Å². The molecule has 0 spiro atoms. The number of aryl methyl sites for hydroxylation is 3. The first-order chi connectivity index (χ1) is 16.8. The quantitative estimate of drug-likeness (QED) is 0.353. The highest BCUT2D eigenvalue weighted by molar-refractivity contribution is 7.15. The van der Waals surface area contributed by atoms with Crippen molar-refractivity contribution in [2.75, 3.05) is 10.6 Å². The van der Waals surface area contributed by atoms with Gasteiger partial charge in [-0.15, -0.1) is 11.3 Å². The number of nitrogens with zero attached hydrogens (tertiary/aromatic N) is 5. The molecule has 1 amide bonds. The lowest BCUT2D eigenvalue weighted by Gasteiger charge is -2.15. The van der Waals surface area contributed by atoms with E-state index < -0.39 is 5.41 Å². The van der Waals surface area contributed by atoms with Crippen LogP contribution in [0.1, 0.15) is 45.9 Å². The Balaban J connectivity index is 1.41. The van der Waals surface area contributed by atoms with E-state index in [0.717, 1.165) is 39.7 Å². The monoisotopic (exact) mass is 483 g/mol. The molecular formula is C26H25N7OS. The van der Waals surface area contributed by atoms with Gasteiger partial charge in [0.25, 0.3) is 5.91 Å². The number of benzene rings is 1. The molecular weight excluding hydrogens is 458 g/mol. The average molecular weight is 484 g/mol. The Labute approximate surface area is 208 Å². The maximum absolute atomic E-state index is 12.9. The van der Waals surface area contributed by atoms with E-state index in [-0.39, 0.29) is 5.91 Å². The van der Waals surface area contributed by atoms with E-state index in [1.54, 1.807) is 62.1 Å². The molecule has 2 N–H and O–H groups in total. The van der Waals surface area contributed by atoms with Gasteiger partial charge in [-0.2, -0.15) is 5.26 Å². The molecule has 35 heavy (non-hydrogen) atoms. The van der Waals surface area contributed by atoms with Gasteiger partial charge in [0.15, 0.2) is 10.9 Å². The Morgan fingerprint density at radius 2 is 1.91 bits per heavy atom. The largest absolute Gasteiger partial charge is 0.322 e. The van der Waals surface area contributed by atoms with E-state index in [1.807, 2.05) is 24.4 Å². The summed E-state index contributed by atoms with van der Waals surface area (Å²) in [5, 5.41) is 16.3. The molecule has 0 aliphatic rings. The lowest BCUT2D eigenvalue weighted by Crippen LogP contribution is -2.18. The summed E-state index contributed by atoms with van der Waals surface area (Å²) >= 11 is 1.58. The minimum absolute atomic E-state index is 0.237. The standard InChI is InChI=1S/C26H25N7OS/c1-17-4-6-20(32-24(34)19-8-9-29-22(13-19)26(2,3)16-27)12-18(17)5-7-21-14-31-25(35-21)33-23-15-28-10-11-30-23/h4,6,8-15H,5,7H2,1-3H3,(H,32,34)(H,30,31,33). The molecule has 8 nitrogen and oxygen atoms in total. The molecule has 3 aromatic heterocycles. The van der Waals surface area contributed by atoms with Gasteiger partial charge in [0.2, 0.25) is 0 Å². The molecule has 0 saturated heterocycles. The summed E-state index contributed by atoms with van der Waals surface area (Å²) in [5.74, 6) is 0.421. The normalized spacial score (nSPS) is 11.0. The van der Waals surface area contributed by atoms with Gasteiger partial charge in [0.05, 0.1) is 23.4 Å². The SMILES string of the molecule is Cc1ccc(NC(=O)c2ccnc(C(C)(C)C#N)c2)cc1CCc1cnc(Nc2cnccn2)s1. The molecule has 176 valence electrons. The van der Waals surface area contributed by atoms with Crippen LogP contribution in [0.15, 0.2) is 61.3 Å². The fourth-order valence-corrected chi connectivity index (χ4v) is 4.22. The number of carbonyl (C=O) groups excluding carboxylic acids is 1. The van der Waals surface area contributed by atoms with Crippen LogP contribution in [0.3, 0.4) is 0 Å². The number of pyridine rings is 1. The van der Waals surface area contributed by atoms with E-state index in [2.05, 4.69) is 43.6 Å². The maximum atomic E-state index is 12.9. The number of carbonyl (C=O) groups is 1. The molecule has 9 heteroatoms. The molecule has 0 radical (unpaired) electrons. The van der Waals surface area contributed by atoms with E-state index in [1.165, 1.54) is 0 Å². The number of rotatable bonds is 8. The van der Waals surface area contributed by atoms with Gasteiger partial charge in [-0.05, 0) is 69.0 Å². The van der Waals surface area contributed by atoms with Crippen LogP contribution >= 0.6 is 11.3 Å². The summed E-state index contributed by atoms with van der Waals surface area (Å²) in [5.41, 5.74) is 3.30. The summed E-state index contributed by atoms with van der Waals surface area (Å²) in [6.45, 7) is 5.62. The number of nitrogens with one attached hydrogen (secondary N) is 2. The van der Waals surface area contributed by atoms with Gasteiger partial charge < -0.3 is 10.6 Å². The minimum Gasteiger partial charge on any atom is -0.322 e. The number of hydrogen-bond donors (Lipinski definition) is 2. The number of thiazole rings is 1. The number of amides is 1. The van der Waals surface area contributed by atoms with Crippen molar-refractivity contribution in [3.63, 3.8) is 0 Å². The fraction of sp³-hybridized carbons (Fsp3) is 0.231. The zero-order valence-electron chi connectivity index (χ0n) is 19.7. The predicted molar refractivity (Wildman–Crippen MR) is 137 cm³/mol. The van der Waals surface area contributed by atoms with Crippen LogP contribution < -0.4 is 10.6 Å². The maximum Gasteiger partial charge on any atom is 0.255 e. The lowest BCUT2D eigenvalue weighted by molar-refractivity contribution is 0.102. The predicted octanol–water partition coefficient (Wildman–Crippen LogP) is 5.22. The van der Waals surface area contributed by atoms with Crippen LogP contribution in [-0.2, 0) is 18.3 Å². The van der Waals surface area contributed by atoms with Crippen molar-refractivity contribution in [1.29, 1.82) is 5.26 Å². The number of nitriles is 1. The zero-order valence-corrected chi connectivity index (χ0v) is 20.6. The van der Waals surface area contributed by atoms with E-state index >= 15 is 0 Å². The first-order valence-corrected chi connectivity index (χ1v) is 11.9. The summed E-state index contributed by atoms with van der Waals surface area (Å²) in [6, 6.07) is 11.5. The summed E-state index contributed by atoms with van der Waals surface area (Å²) < 4.78 is 0. The first-order valence-electron chi connectivity index (χ1n) is 11.1. The molecule has 4 aromatic rings. The van der Waals surface area contributed by atoms with Crippen molar-refractivity contribution >= 4 is 33.9 Å². The van der Waals surface area contributed by atoms with Crippen LogP contribution in [0.5, 0.6) is 0 Å². The van der Waals surface area contributed by atoms with Gasteiger partial charge in [0.1, 0.15) is 0 Å². The summed E-state index contributed by atoms with van der Waals surface area (Å²) in [7, 11) is 0. The van der Waals surface area contributed by atoms with Crippen LogP contribution in [0.4, 0.5) is 16.6 Å². The van der Waals surface area contributed by atoms with E-state index in [0.29, 0.717) is 17.1 Å². The highest BCUT2D eigenvalue weighted by Gasteiger charge is 2.22. The van der Waals surface area contributed by atoms with Crippen LogP contribution in [-0.4, -0.2) is 25.8 Å². The Hall–Kier alpha value is -4.16. The molecule has 0 fully saturated rings. The molecule has 0 atom stereocenters. The van der Waals surface area contributed by atoms with Crippen molar-refractivity contribution in [2.24, 2.45) is 0 Å². The highest BCUT2D eigenvalue weighted by atomic mass is 32.1. The molecule has 0 aliphatic heterocycles. The Morgan fingerprint density at radius 1 is 1.06 bits per heavy atom. The number of anilines is 3. The molecule has 0 aliphatic carbocycles. The molecule has 3 heterocycles. The van der Waals surface area contributed by atoms with Gasteiger partial charge in [-0.3, -0.25) is 14.8 Å². The lowest BCUT2D eigenvalue weighted by atomic mass is 9.90. The van der Waals surface area contributed by atoms with Crippen molar-refractivity contribution in [3.05, 3.63) is 88.6 Å². The average Bonchev–Trinajstić information content (AvgIpc) is 3.32. The second-order valence-corrected chi connectivity index (χ2v) is 9.72. The topological polar surface area (TPSA) is 116 Å². The van der Waals surface area contributed by atoms with Crippen molar-refractivity contribution in [2.45, 2.75) is 39.0 Å². The first kappa shape index (κ1) is 24.0. The minimum atomic E-state index is -0.770. The van der Waals surface area contributed by atoms with Crippen LogP contribution in [0.2, 0.25) is 0 Å². The number of hydrogen-bond acceptors (Lipinski definition) is 8. The molecule has 0 unspecified atom stereocenters. The smallest absolute Gasteiger partial charge is 0.255 e. The second kappa shape index (κ2) is 10.4. The Kier molecular flexibility index (Phi) is 7.13. The third-order valence-corrected chi connectivity index (χ3v) is 6.51. The van der Waals surface area contributed by atoms with E-state index in [4.69, 9.17) is 0 Å². The third-order valence-electron chi connectivity index (χ3n) is 5.54. The van der Waals surface area contributed by atoms with Crippen LogP contribution in [0, 0.1) is 18.3 Å². The zero-order chi connectivity index (χ0) is 24.8. The van der Waals surface area contributed by atoms with E-state index in [9.17, 15) is 10.1 Å². The molecule has 0 bridgehead atoms. The molecule has 4 rings (SSSR count). The van der Waals surface area contributed by atoms with Gasteiger partial charge in [0, 0.05) is 40.9 Å². The van der Waals surface area contributed by atoms with Crippen LogP contribution in [0.25, 0.3) is 0 Å². The highest BCUT2D eigenvalue weighted by Crippen LogP contribution is 2.25. The van der Waals surface area contributed by atoms with Crippen molar-refractivity contribution < 1.29 is 4.79 Å². The third kappa shape index (κ3) is 6.05. The summed E-state index contributed by atoms with van der Waals surface area (Å²) in [6.07, 6.45) is 9.99. The second-order valence-electron chi connectivity index (χ2n) is 8.61. The summed E-state index contributed by atoms with van der Waals surface area (Å²) in [4.78, 5) is 30.9. The molecule has 0 saturated carbocycles. The number of aromatic nitrogens is 4. The molecule has 1 aromatic carbocycles. The Bertz CT molecular complexity index is 1380. The van der Waals surface area contributed by atoms with Crippen molar-refractivity contribution in [1.82, 2.24) is 19.9 Å². The van der Waals surface area contributed by atoms with Gasteiger partial charge >= 0.3 is 0 Å². The Morgan fingerprint density at radius 3 is 2.69 bits per heavy atom. The van der Waals surface area contributed by atoms with Crippen molar-refractivity contribution in [3.8, 4) is 6.07 Å². The van der Waals surface area contributed by atoms with Gasteiger partial charge in [-0.1, -0.05) is 6.07 Å². The fourth-order valence-electron chi connectivity index (χ4n) is 3.40.